The van der Waals surface area contributed by atoms with Gasteiger partial charge in [-0.1, -0.05) is 60.7 Å². The van der Waals surface area contributed by atoms with Crippen LogP contribution in [0, 0.1) is 0 Å². The molecule has 0 bridgehead atoms. The molecule has 33 heavy (non-hydrogen) atoms. The molecule has 2 amide bonds. The summed E-state index contributed by atoms with van der Waals surface area (Å²) in [6, 6.07) is 20.2. The summed E-state index contributed by atoms with van der Waals surface area (Å²) in [4.78, 5) is 32.0. The van der Waals surface area contributed by atoms with Crippen LogP contribution in [0.4, 0.5) is 0 Å². The van der Waals surface area contributed by atoms with Gasteiger partial charge in [0, 0.05) is 44.5 Å². The van der Waals surface area contributed by atoms with Gasteiger partial charge in [0.2, 0.25) is 11.8 Å². The van der Waals surface area contributed by atoms with Crippen LogP contribution >= 0.6 is 0 Å². The highest BCUT2D eigenvalue weighted by Crippen LogP contribution is 2.27. The fourth-order valence-corrected chi connectivity index (χ4v) is 4.43. The van der Waals surface area contributed by atoms with Crippen LogP contribution in [0.3, 0.4) is 0 Å². The predicted molar refractivity (Wildman–Crippen MR) is 127 cm³/mol. The van der Waals surface area contributed by atoms with E-state index >= 15 is 0 Å². The zero-order valence-electron chi connectivity index (χ0n) is 19.0. The Hall–Kier alpha value is -3.45. The minimum atomic E-state index is -0.500. The summed E-state index contributed by atoms with van der Waals surface area (Å²) in [6.45, 7) is 5.14. The number of imidazole rings is 1. The lowest BCUT2D eigenvalue weighted by molar-refractivity contribution is -0.134. The molecule has 3 aromatic rings. The highest BCUT2D eigenvalue weighted by Gasteiger charge is 2.33. The maximum absolute atomic E-state index is 12.8. The molecule has 1 atom stereocenters. The number of aromatic nitrogens is 2. The molecule has 0 aliphatic carbocycles. The van der Waals surface area contributed by atoms with Crippen molar-refractivity contribution in [3.63, 3.8) is 0 Å². The number of amides is 2. The number of nitrogens with zero attached hydrogens (tertiary/aromatic N) is 3. The molecule has 1 fully saturated rings. The Morgan fingerprint density at radius 2 is 1.79 bits per heavy atom. The summed E-state index contributed by atoms with van der Waals surface area (Å²) in [5.41, 5.74) is 2.40. The summed E-state index contributed by atoms with van der Waals surface area (Å²) >= 11 is 0. The molecule has 1 aliphatic rings. The van der Waals surface area contributed by atoms with Gasteiger partial charge in [0.05, 0.1) is 19.0 Å². The molecule has 0 unspecified atom stereocenters. The first kappa shape index (κ1) is 22.7. The summed E-state index contributed by atoms with van der Waals surface area (Å²) in [7, 11) is 0. The Labute approximate surface area is 194 Å². The quantitative estimate of drug-likeness (QED) is 0.531. The van der Waals surface area contributed by atoms with Gasteiger partial charge in [-0.05, 0) is 18.1 Å². The van der Waals surface area contributed by atoms with E-state index in [9.17, 15) is 9.59 Å². The van der Waals surface area contributed by atoms with Gasteiger partial charge in [0.15, 0.2) is 0 Å². The van der Waals surface area contributed by atoms with E-state index in [1.807, 2.05) is 54.1 Å². The number of carbonyl (C=O) groups excluding carboxylic acids is 2. The van der Waals surface area contributed by atoms with Crippen molar-refractivity contribution in [1.82, 2.24) is 25.1 Å². The Balaban J connectivity index is 1.47. The average molecular weight is 446 g/mol. The van der Waals surface area contributed by atoms with Crippen molar-refractivity contribution in [2.45, 2.75) is 38.4 Å². The molecule has 2 aromatic carbocycles. The number of hydrogen-bond donors (Lipinski definition) is 2. The number of piperazine rings is 1. The van der Waals surface area contributed by atoms with E-state index in [0.29, 0.717) is 26.2 Å². The Morgan fingerprint density at radius 3 is 2.42 bits per heavy atom. The maximum atomic E-state index is 12.8. The first-order valence-electron chi connectivity index (χ1n) is 11.5. The first-order valence-corrected chi connectivity index (χ1v) is 11.5. The van der Waals surface area contributed by atoms with E-state index in [0.717, 1.165) is 12.4 Å². The van der Waals surface area contributed by atoms with E-state index < -0.39 is 6.04 Å². The fourth-order valence-electron chi connectivity index (χ4n) is 4.43. The van der Waals surface area contributed by atoms with Crippen LogP contribution in [0.25, 0.3) is 0 Å². The van der Waals surface area contributed by atoms with E-state index in [4.69, 9.17) is 0 Å². The highest BCUT2D eigenvalue weighted by atomic mass is 16.2. The van der Waals surface area contributed by atoms with Crippen molar-refractivity contribution < 1.29 is 9.59 Å². The van der Waals surface area contributed by atoms with Crippen LogP contribution in [0.1, 0.15) is 36.2 Å². The summed E-state index contributed by atoms with van der Waals surface area (Å²) in [6.07, 6.45) is 3.74. The van der Waals surface area contributed by atoms with Crippen molar-refractivity contribution in [2.75, 3.05) is 19.6 Å². The van der Waals surface area contributed by atoms with Crippen molar-refractivity contribution in [1.29, 1.82) is 0 Å². The Kier molecular flexibility index (Phi) is 7.52. The monoisotopic (exact) mass is 445 g/mol. The molecule has 1 saturated heterocycles. The van der Waals surface area contributed by atoms with Gasteiger partial charge in [-0.2, -0.15) is 0 Å². The molecule has 172 valence electrons. The second-order valence-electron chi connectivity index (χ2n) is 8.29. The highest BCUT2D eigenvalue weighted by molar-refractivity contribution is 5.88. The van der Waals surface area contributed by atoms with Crippen LogP contribution in [0.2, 0.25) is 0 Å². The molecule has 7 heteroatoms. The normalized spacial score (nSPS) is 16.5. The lowest BCUT2D eigenvalue weighted by Crippen LogP contribution is -2.57. The standard InChI is InChI=1S/C26H31N5O2/c1-2-30-15-13-27-24(30)18-29-25(32)17-23-26(33)28-14-16-31(23)19-22(20-9-5-3-6-10-20)21-11-7-4-8-12-21/h3-13,15,22-23H,2,14,16-19H2,1H3,(H,28,33)(H,29,32)/t23-/m1/s1. The third-order valence-electron chi connectivity index (χ3n) is 6.23. The van der Waals surface area contributed by atoms with Gasteiger partial charge >= 0.3 is 0 Å². The molecule has 7 nitrogen and oxygen atoms in total. The van der Waals surface area contributed by atoms with Crippen molar-refractivity contribution in [3.05, 3.63) is 90.0 Å². The topological polar surface area (TPSA) is 79.3 Å². The van der Waals surface area contributed by atoms with Crippen LogP contribution in [0.15, 0.2) is 73.1 Å². The zero-order valence-corrected chi connectivity index (χ0v) is 19.0. The molecule has 1 aromatic heterocycles. The molecule has 2 heterocycles. The number of nitrogens with one attached hydrogen (secondary N) is 2. The van der Waals surface area contributed by atoms with Gasteiger partial charge in [-0.15, -0.1) is 0 Å². The second-order valence-corrected chi connectivity index (χ2v) is 8.29. The van der Waals surface area contributed by atoms with E-state index in [1.54, 1.807) is 6.20 Å². The summed E-state index contributed by atoms with van der Waals surface area (Å²) < 4.78 is 1.99. The summed E-state index contributed by atoms with van der Waals surface area (Å²) in [5.74, 6) is 0.680. The van der Waals surface area contributed by atoms with Crippen LogP contribution in [0.5, 0.6) is 0 Å². The maximum Gasteiger partial charge on any atom is 0.237 e. The fraction of sp³-hybridized carbons (Fsp3) is 0.346. The number of rotatable bonds is 9. The number of hydrogen-bond acceptors (Lipinski definition) is 4. The Morgan fingerprint density at radius 1 is 1.12 bits per heavy atom. The lowest BCUT2D eigenvalue weighted by Gasteiger charge is -2.37. The first-order chi connectivity index (χ1) is 16.2. The van der Waals surface area contributed by atoms with Gasteiger partial charge in [0.25, 0.3) is 0 Å². The van der Waals surface area contributed by atoms with Gasteiger partial charge in [0.1, 0.15) is 5.82 Å². The zero-order chi connectivity index (χ0) is 23.0. The molecule has 2 N–H and O–H groups in total. The van der Waals surface area contributed by atoms with Crippen LogP contribution < -0.4 is 10.6 Å². The van der Waals surface area contributed by atoms with E-state index in [1.165, 1.54) is 11.1 Å². The minimum Gasteiger partial charge on any atom is -0.353 e. The Bertz CT molecular complexity index is 1010. The SMILES string of the molecule is CCn1ccnc1CNC(=O)C[C@@H]1C(=O)NCCN1CC(c1ccccc1)c1ccccc1. The lowest BCUT2D eigenvalue weighted by atomic mass is 9.90. The van der Waals surface area contributed by atoms with E-state index in [-0.39, 0.29) is 24.2 Å². The average Bonchev–Trinajstić information content (AvgIpc) is 3.32. The molecular weight excluding hydrogens is 414 g/mol. The van der Waals surface area contributed by atoms with Crippen molar-refractivity contribution in [3.8, 4) is 0 Å². The van der Waals surface area contributed by atoms with Crippen molar-refractivity contribution in [2.24, 2.45) is 0 Å². The van der Waals surface area contributed by atoms with Gasteiger partial charge < -0.3 is 15.2 Å². The van der Waals surface area contributed by atoms with Gasteiger partial charge in [-0.3, -0.25) is 14.5 Å². The molecule has 0 saturated carbocycles. The van der Waals surface area contributed by atoms with Crippen LogP contribution in [-0.4, -0.2) is 51.9 Å². The summed E-state index contributed by atoms with van der Waals surface area (Å²) in [5, 5.41) is 5.87. The van der Waals surface area contributed by atoms with E-state index in [2.05, 4.69) is 44.8 Å². The molecule has 1 aliphatic heterocycles. The third kappa shape index (κ3) is 5.68. The number of aryl methyl sites for hydroxylation is 1. The largest absolute Gasteiger partial charge is 0.353 e. The number of carbonyl (C=O) groups is 2. The van der Waals surface area contributed by atoms with Gasteiger partial charge in [-0.25, -0.2) is 4.98 Å². The minimum absolute atomic E-state index is 0.0914. The molecule has 4 rings (SSSR count). The van der Waals surface area contributed by atoms with Crippen molar-refractivity contribution >= 4 is 11.8 Å². The molecular formula is C26H31N5O2. The third-order valence-corrected chi connectivity index (χ3v) is 6.23. The smallest absolute Gasteiger partial charge is 0.237 e. The predicted octanol–water partition coefficient (Wildman–Crippen LogP) is 2.54. The molecule has 0 radical (unpaired) electrons. The second kappa shape index (κ2) is 10.9. The molecule has 0 spiro atoms. The number of benzene rings is 2. The van der Waals surface area contributed by atoms with Crippen LogP contribution in [-0.2, 0) is 22.7 Å².